The Morgan fingerprint density at radius 1 is 1.12 bits per heavy atom. The number of carbonyl (C=O) groups excluding carboxylic acids is 1. The number of nitrogens with zero attached hydrogens (tertiary/aromatic N) is 1. The van der Waals surface area contributed by atoms with Gasteiger partial charge in [0.25, 0.3) is 0 Å². The number of alkyl halides is 1. The Balaban J connectivity index is 1.59. The van der Waals surface area contributed by atoms with Crippen LogP contribution in [0.5, 0.6) is 0 Å². The molecular weight excluding hydrogens is 337 g/mol. The summed E-state index contributed by atoms with van der Waals surface area (Å²) in [5.74, 6) is -0.843. The summed E-state index contributed by atoms with van der Waals surface area (Å²) in [6.45, 7) is 0. The molecule has 2 heterocycles. The van der Waals surface area contributed by atoms with E-state index in [4.69, 9.17) is 4.74 Å². The minimum Gasteiger partial charge on any atom is -0.478 e. The summed E-state index contributed by atoms with van der Waals surface area (Å²) in [5, 5.41) is 9.56. The first-order chi connectivity index (χ1) is 12.6. The second-order valence-electron chi connectivity index (χ2n) is 8.77. The molecule has 8 atom stereocenters. The number of ketones is 1. The molecule has 5 nitrogen and oxygen atoms in total. The molecule has 142 valence electrons. The van der Waals surface area contributed by atoms with Crippen molar-refractivity contribution in [3.05, 3.63) is 11.8 Å². The maximum Gasteiger partial charge on any atom is 0.340 e. The van der Waals surface area contributed by atoms with Gasteiger partial charge in [-0.1, -0.05) is 19.3 Å². The molecule has 1 N–H and O–H groups in total. The van der Waals surface area contributed by atoms with Crippen LogP contribution in [0.15, 0.2) is 11.8 Å². The van der Waals surface area contributed by atoms with Gasteiger partial charge in [-0.05, 0) is 43.9 Å². The number of hydrogen-bond acceptors (Lipinski definition) is 4. The molecule has 3 saturated carbocycles. The van der Waals surface area contributed by atoms with Crippen LogP contribution in [-0.2, 0) is 14.3 Å². The van der Waals surface area contributed by atoms with Gasteiger partial charge in [-0.3, -0.25) is 4.79 Å². The first-order valence-electron chi connectivity index (χ1n) is 10.1. The molecule has 26 heavy (non-hydrogen) atoms. The molecule has 0 aromatic heterocycles. The van der Waals surface area contributed by atoms with Gasteiger partial charge >= 0.3 is 5.97 Å². The van der Waals surface area contributed by atoms with E-state index in [2.05, 4.69) is 4.90 Å². The average molecular weight is 363 g/mol. The highest BCUT2D eigenvalue weighted by molar-refractivity contribution is 6.18. The van der Waals surface area contributed by atoms with E-state index in [1.54, 1.807) is 6.20 Å². The zero-order valence-corrected chi connectivity index (χ0v) is 14.9. The SMILES string of the molecule is O=C(O)C1=CN2C3C(CCC4CCCCC43)OC3C(F)CCC(C1=O)C32. The highest BCUT2D eigenvalue weighted by Crippen LogP contribution is 2.51. The van der Waals surface area contributed by atoms with E-state index in [1.807, 2.05) is 0 Å². The van der Waals surface area contributed by atoms with Crippen molar-refractivity contribution >= 4 is 11.8 Å². The Morgan fingerprint density at radius 3 is 2.73 bits per heavy atom. The minimum absolute atomic E-state index is 0.0490. The van der Waals surface area contributed by atoms with E-state index in [-0.39, 0.29) is 36.0 Å². The topological polar surface area (TPSA) is 66.8 Å². The Bertz CT molecular complexity index is 664. The van der Waals surface area contributed by atoms with Crippen LogP contribution in [0.1, 0.15) is 51.4 Å². The number of carboxylic acids is 1. The van der Waals surface area contributed by atoms with E-state index in [1.165, 1.54) is 19.3 Å². The van der Waals surface area contributed by atoms with E-state index < -0.39 is 24.2 Å². The first kappa shape index (κ1) is 16.7. The third-order valence-electron chi connectivity index (χ3n) is 7.60. The van der Waals surface area contributed by atoms with Gasteiger partial charge < -0.3 is 14.7 Å². The van der Waals surface area contributed by atoms with Crippen LogP contribution in [-0.4, -0.2) is 52.2 Å². The standard InChI is InChI=1S/C20H26FNO4/c21-14-7-6-12-17-19(14)26-15-8-5-10-3-1-2-4-11(10)16(15)22(17)9-13(18(12)23)20(24)25/h9-12,14-17,19H,1-8H2,(H,24,25). The van der Waals surface area contributed by atoms with Gasteiger partial charge in [0.05, 0.1) is 18.2 Å². The average Bonchev–Trinajstić information content (AvgIpc) is 2.65. The van der Waals surface area contributed by atoms with Crippen LogP contribution < -0.4 is 0 Å². The van der Waals surface area contributed by atoms with Gasteiger partial charge in [-0.2, -0.15) is 0 Å². The molecule has 4 fully saturated rings. The van der Waals surface area contributed by atoms with Crippen LogP contribution in [0.2, 0.25) is 0 Å². The van der Waals surface area contributed by atoms with Gasteiger partial charge in [-0.25, -0.2) is 9.18 Å². The Labute approximate surface area is 152 Å². The number of halogens is 1. The maximum absolute atomic E-state index is 14.7. The number of carboxylic acid groups (broad SMARTS) is 1. The number of carbonyl (C=O) groups is 2. The summed E-state index contributed by atoms with van der Waals surface area (Å²) in [4.78, 5) is 26.5. The molecule has 0 aromatic rings. The molecule has 0 spiro atoms. The number of rotatable bonds is 1. The number of aliphatic carboxylic acids is 1. The van der Waals surface area contributed by atoms with Crippen molar-refractivity contribution in [1.29, 1.82) is 0 Å². The largest absolute Gasteiger partial charge is 0.478 e. The van der Waals surface area contributed by atoms with Crippen molar-refractivity contribution in [2.24, 2.45) is 17.8 Å². The number of Topliss-reactive ketones (excluding diaryl/α,β-unsaturated/α-hetero) is 1. The lowest BCUT2D eigenvalue weighted by Crippen LogP contribution is -2.70. The van der Waals surface area contributed by atoms with Gasteiger partial charge in [0, 0.05) is 12.1 Å². The second kappa shape index (κ2) is 6.04. The van der Waals surface area contributed by atoms with Crippen molar-refractivity contribution in [3.63, 3.8) is 0 Å². The van der Waals surface area contributed by atoms with E-state index >= 15 is 0 Å². The van der Waals surface area contributed by atoms with Crippen LogP contribution in [0.4, 0.5) is 4.39 Å². The quantitative estimate of drug-likeness (QED) is 0.726. The predicted octanol–water partition coefficient (Wildman–Crippen LogP) is 2.69. The molecule has 0 radical (unpaired) electrons. The predicted molar refractivity (Wildman–Crippen MR) is 91.1 cm³/mol. The molecule has 6 heteroatoms. The van der Waals surface area contributed by atoms with Gasteiger partial charge in [0.2, 0.25) is 0 Å². The van der Waals surface area contributed by atoms with Crippen LogP contribution in [0.25, 0.3) is 0 Å². The maximum atomic E-state index is 14.7. The Hall–Kier alpha value is -1.43. The lowest BCUT2D eigenvalue weighted by atomic mass is 9.64. The van der Waals surface area contributed by atoms with Crippen molar-refractivity contribution in [2.45, 2.75) is 81.8 Å². The zero-order valence-electron chi connectivity index (χ0n) is 14.9. The van der Waals surface area contributed by atoms with Crippen LogP contribution in [0.3, 0.4) is 0 Å². The monoisotopic (exact) mass is 363 g/mol. The zero-order chi connectivity index (χ0) is 18.0. The lowest BCUT2D eigenvalue weighted by Gasteiger charge is -2.60. The number of fused-ring (bicyclic) bond motifs is 4. The minimum atomic E-state index is -1.16. The molecule has 1 saturated heterocycles. The summed E-state index contributed by atoms with van der Waals surface area (Å²) < 4.78 is 21.0. The highest BCUT2D eigenvalue weighted by Gasteiger charge is 2.58. The third-order valence-corrected chi connectivity index (χ3v) is 7.60. The molecule has 5 rings (SSSR count). The van der Waals surface area contributed by atoms with Crippen molar-refractivity contribution in [3.8, 4) is 0 Å². The van der Waals surface area contributed by atoms with E-state index in [0.29, 0.717) is 18.3 Å². The molecular formula is C20H26FNO4. The first-order valence-corrected chi connectivity index (χ1v) is 10.1. The molecule has 0 aromatic carbocycles. The smallest absolute Gasteiger partial charge is 0.340 e. The normalized spacial score (nSPS) is 47.3. The summed E-state index contributed by atoms with van der Waals surface area (Å²) >= 11 is 0. The summed E-state index contributed by atoms with van der Waals surface area (Å²) in [7, 11) is 0. The van der Waals surface area contributed by atoms with Crippen molar-refractivity contribution in [2.75, 3.05) is 0 Å². The molecule has 8 unspecified atom stereocenters. The number of ether oxygens (including phenoxy) is 1. The van der Waals surface area contributed by atoms with Crippen LogP contribution >= 0.6 is 0 Å². The lowest BCUT2D eigenvalue weighted by molar-refractivity contribution is -0.216. The summed E-state index contributed by atoms with van der Waals surface area (Å²) in [6.07, 6.45) is 7.34. The second-order valence-corrected chi connectivity index (χ2v) is 8.77. The molecule has 2 aliphatic heterocycles. The molecule has 0 bridgehead atoms. The Kier molecular flexibility index (Phi) is 3.89. The van der Waals surface area contributed by atoms with Gasteiger partial charge in [0.15, 0.2) is 5.78 Å². The fraction of sp³-hybridized carbons (Fsp3) is 0.800. The number of morpholine rings is 1. The van der Waals surface area contributed by atoms with Gasteiger partial charge in [0.1, 0.15) is 17.8 Å². The fourth-order valence-electron chi connectivity index (χ4n) is 6.52. The molecule has 0 amide bonds. The summed E-state index contributed by atoms with van der Waals surface area (Å²) in [6, 6.07) is -0.248. The Morgan fingerprint density at radius 2 is 1.92 bits per heavy atom. The molecule has 5 aliphatic rings. The van der Waals surface area contributed by atoms with E-state index in [9.17, 15) is 19.1 Å². The highest BCUT2D eigenvalue weighted by atomic mass is 19.1. The summed E-state index contributed by atoms with van der Waals surface area (Å²) in [5.41, 5.74) is -0.124. The number of hydrogen-bond donors (Lipinski definition) is 1. The van der Waals surface area contributed by atoms with Crippen molar-refractivity contribution in [1.82, 2.24) is 4.90 Å². The fourth-order valence-corrected chi connectivity index (χ4v) is 6.52. The third kappa shape index (κ3) is 2.30. The van der Waals surface area contributed by atoms with Gasteiger partial charge in [-0.15, -0.1) is 0 Å². The van der Waals surface area contributed by atoms with Crippen LogP contribution in [0, 0.1) is 17.8 Å². The molecule has 3 aliphatic carbocycles. The van der Waals surface area contributed by atoms with Crippen molar-refractivity contribution < 1.29 is 23.8 Å². The van der Waals surface area contributed by atoms with E-state index in [0.717, 1.165) is 19.3 Å².